The van der Waals surface area contributed by atoms with Gasteiger partial charge >= 0.3 is 0 Å². The third kappa shape index (κ3) is 4.49. The van der Waals surface area contributed by atoms with Crippen molar-refractivity contribution in [1.29, 1.82) is 0 Å². The summed E-state index contributed by atoms with van der Waals surface area (Å²) in [5.41, 5.74) is 2.60. The van der Waals surface area contributed by atoms with Gasteiger partial charge in [-0.25, -0.2) is 0 Å². The molecule has 0 radical (unpaired) electrons. The highest BCUT2D eigenvalue weighted by atomic mass is 79.9. The van der Waals surface area contributed by atoms with E-state index in [2.05, 4.69) is 21.2 Å². The third-order valence-corrected chi connectivity index (χ3v) is 5.28. The van der Waals surface area contributed by atoms with E-state index in [0.29, 0.717) is 4.88 Å². The molecule has 2 rings (SSSR count). The van der Waals surface area contributed by atoms with Crippen molar-refractivity contribution >= 4 is 44.3 Å². The highest BCUT2D eigenvalue weighted by molar-refractivity contribution is 9.11. The van der Waals surface area contributed by atoms with Crippen LogP contribution in [0.2, 0.25) is 0 Å². The predicted molar refractivity (Wildman–Crippen MR) is 92.7 cm³/mol. The minimum absolute atomic E-state index is 0.00707. The lowest BCUT2D eigenvalue weighted by Gasteiger charge is -2.06. The fraction of sp³-hybridized carbons (Fsp3) is 0.267. The molecule has 118 valence electrons. The van der Waals surface area contributed by atoms with Gasteiger partial charge in [-0.1, -0.05) is 35.3 Å². The van der Waals surface area contributed by atoms with Gasteiger partial charge in [-0.3, -0.25) is 9.00 Å². The van der Waals surface area contributed by atoms with Gasteiger partial charge < -0.3 is 9.87 Å². The van der Waals surface area contributed by atoms with Gasteiger partial charge in [0.25, 0.3) is 5.91 Å². The Balaban J connectivity index is 2.24. The standard InChI is InChI=1S/C15H16BrNO3S2/c1-9(2)17-15(18)13-7-12(14(16)21-13)11-5-3-10(4-6-11)8-22(19)20/h3-7,9H,8H2,1-2H3,(H,17,18)(H,19,20)/p-1. The summed E-state index contributed by atoms with van der Waals surface area (Å²) in [6.45, 7) is 3.83. The summed E-state index contributed by atoms with van der Waals surface area (Å²) in [7, 11) is 0. The summed E-state index contributed by atoms with van der Waals surface area (Å²) in [6, 6.07) is 9.21. The van der Waals surface area contributed by atoms with Crippen molar-refractivity contribution < 1.29 is 13.6 Å². The van der Waals surface area contributed by atoms with E-state index in [1.807, 2.05) is 32.0 Å². The number of hydrogen-bond acceptors (Lipinski definition) is 4. The molecule has 7 heteroatoms. The average Bonchev–Trinajstić information content (AvgIpc) is 2.80. The van der Waals surface area contributed by atoms with Gasteiger partial charge in [-0.15, -0.1) is 11.3 Å². The maximum absolute atomic E-state index is 12.0. The zero-order valence-electron chi connectivity index (χ0n) is 12.1. The molecular weight excluding hydrogens is 386 g/mol. The highest BCUT2D eigenvalue weighted by Gasteiger charge is 2.15. The minimum atomic E-state index is -2.09. The van der Waals surface area contributed by atoms with Crippen molar-refractivity contribution in [3.63, 3.8) is 0 Å². The Kier molecular flexibility index (Phi) is 5.91. The summed E-state index contributed by atoms with van der Waals surface area (Å²) >= 11 is 2.78. The van der Waals surface area contributed by atoms with E-state index >= 15 is 0 Å². The maximum atomic E-state index is 12.0. The number of hydrogen-bond donors (Lipinski definition) is 1. The van der Waals surface area contributed by atoms with Crippen LogP contribution < -0.4 is 5.32 Å². The fourth-order valence-electron chi connectivity index (χ4n) is 1.93. The topological polar surface area (TPSA) is 69.2 Å². The van der Waals surface area contributed by atoms with E-state index < -0.39 is 11.1 Å². The zero-order chi connectivity index (χ0) is 16.3. The van der Waals surface area contributed by atoms with Gasteiger partial charge in [0.1, 0.15) is 0 Å². The first kappa shape index (κ1) is 17.3. The monoisotopic (exact) mass is 400 g/mol. The van der Waals surface area contributed by atoms with Crippen LogP contribution in [0.3, 0.4) is 0 Å². The van der Waals surface area contributed by atoms with Crippen LogP contribution in [-0.4, -0.2) is 20.7 Å². The Bertz CT molecular complexity index is 695. The van der Waals surface area contributed by atoms with Gasteiger partial charge in [-0.05, 0) is 47.0 Å². The van der Waals surface area contributed by atoms with E-state index in [1.54, 1.807) is 12.1 Å². The lowest BCUT2D eigenvalue weighted by atomic mass is 10.1. The number of benzene rings is 1. The van der Waals surface area contributed by atoms with E-state index in [-0.39, 0.29) is 17.7 Å². The normalized spacial score (nSPS) is 12.4. The number of nitrogens with one attached hydrogen (secondary N) is 1. The Morgan fingerprint density at radius 1 is 1.36 bits per heavy atom. The molecule has 1 amide bonds. The second-order valence-corrected chi connectivity index (χ2v) is 8.34. The molecule has 4 nitrogen and oxygen atoms in total. The summed E-state index contributed by atoms with van der Waals surface area (Å²) in [4.78, 5) is 12.7. The summed E-state index contributed by atoms with van der Waals surface area (Å²) in [6.07, 6.45) is 0. The van der Waals surface area contributed by atoms with E-state index in [1.165, 1.54) is 11.3 Å². The summed E-state index contributed by atoms with van der Waals surface area (Å²) < 4.78 is 22.3. The summed E-state index contributed by atoms with van der Waals surface area (Å²) in [5.74, 6) is -0.0852. The van der Waals surface area contributed by atoms with E-state index in [4.69, 9.17) is 0 Å². The SMILES string of the molecule is CC(C)NC(=O)c1cc(-c2ccc(CS(=O)[O-])cc2)c(Br)s1. The van der Waals surface area contributed by atoms with Crippen molar-refractivity contribution in [3.05, 3.63) is 44.6 Å². The second kappa shape index (κ2) is 7.50. The number of carbonyl (C=O) groups excluding carboxylic acids is 1. The largest absolute Gasteiger partial charge is 0.772 e. The zero-order valence-corrected chi connectivity index (χ0v) is 15.3. The van der Waals surface area contributed by atoms with Crippen LogP contribution in [0.5, 0.6) is 0 Å². The van der Waals surface area contributed by atoms with Crippen LogP contribution in [-0.2, 0) is 16.8 Å². The lowest BCUT2D eigenvalue weighted by Crippen LogP contribution is -2.29. The molecule has 0 fully saturated rings. The molecule has 0 aliphatic heterocycles. The van der Waals surface area contributed by atoms with Crippen molar-refractivity contribution in [3.8, 4) is 11.1 Å². The van der Waals surface area contributed by atoms with Crippen molar-refractivity contribution in [2.75, 3.05) is 0 Å². The van der Waals surface area contributed by atoms with E-state index in [9.17, 15) is 13.6 Å². The molecule has 0 aliphatic rings. The Morgan fingerprint density at radius 3 is 2.55 bits per heavy atom. The van der Waals surface area contributed by atoms with Gasteiger partial charge in [0.2, 0.25) is 0 Å². The summed E-state index contributed by atoms with van der Waals surface area (Å²) in [5, 5.41) is 2.86. The quantitative estimate of drug-likeness (QED) is 0.777. The minimum Gasteiger partial charge on any atom is -0.772 e. The molecule has 0 bridgehead atoms. The van der Waals surface area contributed by atoms with E-state index in [0.717, 1.165) is 20.5 Å². The van der Waals surface area contributed by atoms with Crippen LogP contribution >= 0.6 is 27.3 Å². The fourth-order valence-corrected chi connectivity index (χ4v) is 4.07. The molecule has 1 aromatic carbocycles. The molecule has 1 heterocycles. The first-order valence-corrected chi connectivity index (χ1v) is 9.47. The number of carbonyl (C=O) groups is 1. The molecule has 1 atom stereocenters. The Labute approximate surface area is 144 Å². The van der Waals surface area contributed by atoms with Crippen LogP contribution in [0.4, 0.5) is 0 Å². The first-order chi connectivity index (χ1) is 10.4. The van der Waals surface area contributed by atoms with Gasteiger partial charge in [0, 0.05) is 17.4 Å². The van der Waals surface area contributed by atoms with Crippen LogP contribution in [0.15, 0.2) is 34.1 Å². The van der Waals surface area contributed by atoms with Gasteiger partial charge in [0.05, 0.1) is 8.66 Å². The molecule has 0 aliphatic carbocycles. The van der Waals surface area contributed by atoms with Gasteiger partial charge in [-0.2, -0.15) is 0 Å². The maximum Gasteiger partial charge on any atom is 0.261 e. The smallest absolute Gasteiger partial charge is 0.261 e. The molecule has 1 unspecified atom stereocenters. The predicted octanol–water partition coefficient (Wildman–Crippen LogP) is 3.69. The number of halogens is 1. The molecule has 0 saturated heterocycles. The Hall–Kier alpha value is -1.02. The molecule has 1 N–H and O–H groups in total. The first-order valence-electron chi connectivity index (χ1n) is 6.62. The highest BCUT2D eigenvalue weighted by Crippen LogP contribution is 2.36. The molecule has 0 spiro atoms. The van der Waals surface area contributed by atoms with Crippen molar-refractivity contribution in [2.45, 2.75) is 25.6 Å². The third-order valence-electron chi connectivity index (χ3n) is 2.88. The molecule has 0 saturated carbocycles. The number of thiophene rings is 1. The number of rotatable bonds is 5. The average molecular weight is 401 g/mol. The molecular formula is C15H15BrNO3S2-. The molecule has 2 aromatic rings. The van der Waals surface area contributed by atoms with Crippen LogP contribution in [0.1, 0.15) is 29.1 Å². The van der Waals surface area contributed by atoms with Crippen molar-refractivity contribution in [2.24, 2.45) is 0 Å². The lowest BCUT2D eigenvalue weighted by molar-refractivity contribution is 0.0947. The Morgan fingerprint density at radius 2 is 2.00 bits per heavy atom. The molecule has 1 aromatic heterocycles. The van der Waals surface area contributed by atoms with Crippen LogP contribution in [0, 0.1) is 0 Å². The van der Waals surface area contributed by atoms with Gasteiger partial charge in [0.15, 0.2) is 0 Å². The van der Waals surface area contributed by atoms with Crippen molar-refractivity contribution in [1.82, 2.24) is 5.32 Å². The van der Waals surface area contributed by atoms with Crippen LogP contribution in [0.25, 0.3) is 11.1 Å². The second-order valence-electron chi connectivity index (χ2n) is 5.07. The number of amides is 1. The molecule has 22 heavy (non-hydrogen) atoms.